The SMILES string of the molecule is CSc1cc2c(cc1C(F)C(F)F)N(C(=O)N(Oc1ccccc1)c1cccnc1)CC2. The number of aromatic nitrogens is 1. The maximum atomic E-state index is 14.3. The summed E-state index contributed by atoms with van der Waals surface area (Å²) in [6, 6.07) is 14.6. The molecule has 5 nitrogen and oxygen atoms in total. The number of hydrogen-bond acceptors (Lipinski definition) is 4. The van der Waals surface area contributed by atoms with Crippen molar-refractivity contribution in [2.75, 3.05) is 22.8 Å². The number of amides is 2. The normalized spacial score (nSPS) is 13.7. The smallest absolute Gasteiger partial charge is 0.362 e. The van der Waals surface area contributed by atoms with E-state index in [-0.39, 0.29) is 5.56 Å². The van der Waals surface area contributed by atoms with Crippen LogP contribution in [0.1, 0.15) is 17.3 Å². The number of carbonyl (C=O) groups excluding carboxylic acids is 1. The molecule has 2 amide bonds. The molecule has 2 heterocycles. The summed E-state index contributed by atoms with van der Waals surface area (Å²) < 4.78 is 40.6. The molecule has 0 fully saturated rings. The number of halogens is 3. The van der Waals surface area contributed by atoms with Crippen LogP contribution in [0.5, 0.6) is 5.75 Å². The number of para-hydroxylation sites is 1. The number of benzene rings is 2. The van der Waals surface area contributed by atoms with Crippen molar-refractivity contribution in [1.29, 1.82) is 0 Å². The average Bonchev–Trinajstić information content (AvgIpc) is 3.24. The topological polar surface area (TPSA) is 45.7 Å². The van der Waals surface area contributed by atoms with E-state index in [9.17, 15) is 18.0 Å². The highest BCUT2D eigenvalue weighted by Gasteiger charge is 2.34. The number of rotatable bonds is 6. The predicted molar refractivity (Wildman–Crippen MR) is 118 cm³/mol. The first kappa shape index (κ1) is 22.0. The second kappa shape index (κ2) is 9.52. The Morgan fingerprint density at radius 2 is 1.94 bits per heavy atom. The van der Waals surface area contributed by atoms with Crippen molar-refractivity contribution in [1.82, 2.24) is 4.98 Å². The molecule has 1 aliphatic heterocycles. The van der Waals surface area contributed by atoms with Gasteiger partial charge in [-0.3, -0.25) is 9.88 Å². The summed E-state index contributed by atoms with van der Waals surface area (Å²) in [5.41, 5.74) is 1.46. The number of fused-ring (bicyclic) bond motifs is 1. The molecule has 166 valence electrons. The minimum absolute atomic E-state index is 0.122. The molecule has 0 radical (unpaired) electrons. The molecule has 1 atom stereocenters. The van der Waals surface area contributed by atoms with Gasteiger partial charge in [0.15, 0.2) is 11.9 Å². The fourth-order valence-corrected chi connectivity index (χ4v) is 4.20. The number of thioether (sulfide) groups is 1. The highest BCUT2D eigenvalue weighted by atomic mass is 32.2. The van der Waals surface area contributed by atoms with Gasteiger partial charge in [-0.2, -0.15) is 0 Å². The van der Waals surface area contributed by atoms with E-state index in [4.69, 9.17) is 4.84 Å². The number of alkyl halides is 3. The van der Waals surface area contributed by atoms with Gasteiger partial charge in [-0.25, -0.2) is 18.0 Å². The molecule has 1 aliphatic rings. The third-order valence-corrected chi connectivity index (χ3v) is 5.86. The summed E-state index contributed by atoms with van der Waals surface area (Å²) in [7, 11) is 0. The van der Waals surface area contributed by atoms with Gasteiger partial charge >= 0.3 is 6.03 Å². The number of nitrogens with zero attached hydrogens (tertiary/aromatic N) is 3. The van der Waals surface area contributed by atoms with Gasteiger partial charge in [0.1, 0.15) is 5.69 Å². The van der Waals surface area contributed by atoms with Crippen LogP contribution >= 0.6 is 11.8 Å². The van der Waals surface area contributed by atoms with Gasteiger partial charge in [-0.15, -0.1) is 16.8 Å². The van der Waals surface area contributed by atoms with Crippen LogP contribution in [0, 0.1) is 0 Å². The van der Waals surface area contributed by atoms with Gasteiger partial charge in [-0.05, 0) is 54.6 Å². The summed E-state index contributed by atoms with van der Waals surface area (Å²) in [4.78, 5) is 25.3. The van der Waals surface area contributed by atoms with E-state index in [2.05, 4.69) is 4.98 Å². The van der Waals surface area contributed by atoms with Crippen LogP contribution in [-0.4, -0.2) is 30.2 Å². The van der Waals surface area contributed by atoms with Crippen LogP contribution in [0.2, 0.25) is 0 Å². The van der Waals surface area contributed by atoms with Gasteiger partial charge in [0.2, 0.25) is 0 Å². The lowest BCUT2D eigenvalue weighted by Gasteiger charge is -2.28. The molecule has 9 heteroatoms. The third-order valence-electron chi connectivity index (χ3n) is 5.07. The second-order valence-corrected chi connectivity index (χ2v) is 7.90. The average molecular weight is 459 g/mol. The van der Waals surface area contributed by atoms with Crippen molar-refractivity contribution in [2.45, 2.75) is 23.9 Å². The summed E-state index contributed by atoms with van der Waals surface area (Å²) in [5.74, 6) is 0.434. The summed E-state index contributed by atoms with van der Waals surface area (Å²) >= 11 is 1.20. The molecule has 0 aliphatic carbocycles. The van der Waals surface area contributed by atoms with Gasteiger partial charge in [-0.1, -0.05) is 18.2 Å². The van der Waals surface area contributed by atoms with Crippen molar-refractivity contribution < 1.29 is 22.8 Å². The molecular weight excluding hydrogens is 439 g/mol. The summed E-state index contributed by atoms with van der Waals surface area (Å²) in [5, 5.41) is 1.10. The standard InChI is InChI=1S/C23H20F3N3O2S/c1-32-20-12-15-9-11-28(19(15)13-18(20)21(24)22(25)26)23(30)29(16-6-5-10-27-14-16)31-17-7-3-2-4-8-17/h2-8,10,12-14,21-22H,9,11H2,1H3. The molecule has 0 saturated carbocycles. The third kappa shape index (κ3) is 4.38. The van der Waals surface area contributed by atoms with E-state index >= 15 is 0 Å². The van der Waals surface area contributed by atoms with Gasteiger partial charge < -0.3 is 4.84 Å². The quantitative estimate of drug-likeness (QED) is 0.332. The van der Waals surface area contributed by atoms with E-state index < -0.39 is 18.6 Å². The Bertz CT molecular complexity index is 1090. The molecule has 4 rings (SSSR count). The lowest BCUT2D eigenvalue weighted by molar-refractivity contribution is 0.0482. The molecule has 0 spiro atoms. The van der Waals surface area contributed by atoms with Gasteiger partial charge in [0, 0.05) is 28.9 Å². The van der Waals surface area contributed by atoms with Gasteiger partial charge in [0.25, 0.3) is 6.43 Å². The first-order valence-electron chi connectivity index (χ1n) is 9.87. The summed E-state index contributed by atoms with van der Waals surface area (Å²) in [6.07, 6.45) is -0.310. The number of hydroxylamine groups is 1. The highest BCUT2D eigenvalue weighted by Crippen LogP contribution is 2.40. The number of hydrogen-bond donors (Lipinski definition) is 0. The molecule has 0 N–H and O–H groups in total. The first-order valence-corrected chi connectivity index (χ1v) is 11.1. The van der Waals surface area contributed by atoms with Crippen LogP contribution in [-0.2, 0) is 6.42 Å². The van der Waals surface area contributed by atoms with Gasteiger partial charge in [0.05, 0.1) is 6.20 Å². The molecular formula is C23H20F3N3O2S. The maximum Gasteiger partial charge on any atom is 0.362 e. The molecule has 0 saturated heterocycles. The molecule has 1 unspecified atom stereocenters. The van der Waals surface area contributed by atoms with Crippen LogP contribution < -0.4 is 14.8 Å². The molecule has 0 bridgehead atoms. The second-order valence-electron chi connectivity index (χ2n) is 7.05. The van der Waals surface area contributed by atoms with E-state index in [1.54, 1.807) is 54.9 Å². The number of carbonyl (C=O) groups is 1. The fourth-order valence-electron chi connectivity index (χ4n) is 3.53. The fraction of sp³-hybridized carbons (Fsp3) is 0.217. The van der Waals surface area contributed by atoms with E-state index in [1.807, 2.05) is 6.07 Å². The Morgan fingerprint density at radius 3 is 2.59 bits per heavy atom. The molecule has 1 aromatic heterocycles. The molecule has 3 aromatic rings. The van der Waals surface area contributed by atoms with Crippen molar-refractivity contribution in [3.8, 4) is 5.75 Å². The lowest BCUT2D eigenvalue weighted by Crippen LogP contribution is -2.44. The Morgan fingerprint density at radius 1 is 1.16 bits per heavy atom. The van der Waals surface area contributed by atoms with Crippen molar-refractivity contribution in [3.05, 3.63) is 78.1 Å². The lowest BCUT2D eigenvalue weighted by atomic mass is 10.1. The van der Waals surface area contributed by atoms with Crippen molar-refractivity contribution >= 4 is 29.2 Å². The monoisotopic (exact) mass is 459 g/mol. The number of urea groups is 1. The first-order chi connectivity index (χ1) is 15.5. The summed E-state index contributed by atoms with van der Waals surface area (Å²) in [6.45, 7) is 0.311. The Hall–Kier alpha value is -3.20. The zero-order chi connectivity index (χ0) is 22.7. The van der Waals surface area contributed by atoms with Crippen molar-refractivity contribution in [2.24, 2.45) is 0 Å². The zero-order valence-electron chi connectivity index (χ0n) is 17.1. The van der Waals surface area contributed by atoms with Crippen LogP contribution in [0.25, 0.3) is 0 Å². The minimum atomic E-state index is -3.15. The van der Waals surface area contributed by atoms with E-state index in [1.165, 1.54) is 28.9 Å². The Balaban J connectivity index is 1.71. The Labute approximate surface area is 187 Å². The minimum Gasteiger partial charge on any atom is -0.370 e. The Kier molecular flexibility index (Phi) is 6.55. The molecule has 2 aromatic carbocycles. The van der Waals surface area contributed by atoms with Crippen molar-refractivity contribution in [3.63, 3.8) is 0 Å². The van der Waals surface area contributed by atoms with E-state index in [0.29, 0.717) is 35.0 Å². The number of pyridine rings is 1. The van der Waals surface area contributed by atoms with E-state index in [0.717, 1.165) is 10.6 Å². The zero-order valence-corrected chi connectivity index (χ0v) is 17.9. The largest absolute Gasteiger partial charge is 0.370 e. The highest BCUT2D eigenvalue weighted by molar-refractivity contribution is 7.98. The predicted octanol–water partition coefficient (Wildman–Crippen LogP) is 6.06. The van der Waals surface area contributed by atoms with Crippen LogP contribution in [0.15, 0.2) is 71.9 Å². The maximum absolute atomic E-state index is 14.3. The van der Waals surface area contributed by atoms with Crippen LogP contribution in [0.4, 0.5) is 29.3 Å². The molecule has 32 heavy (non-hydrogen) atoms. The number of anilines is 2. The van der Waals surface area contributed by atoms with Crippen LogP contribution in [0.3, 0.4) is 0 Å².